The van der Waals surface area contributed by atoms with Gasteiger partial charge >= 0.3 is 0 Å². The van der Waals surface area contributed by atoms with Gasteiger partial charge < -0.3 is 10.4 Å². The maximum atomic E-state index is 9.26. The van der Waals surface area contributed by atoms with Gasteiger partial charge in [-0.05, 0) is 30.0 Å². The topological polar surface area (TPSA) is 58.0 Å². The van der Waals surface area contributed by atoms with E-state index in [4.69, 9.17) is 0 Å². The summed E-state index contributed by atoms with van der Waals surface area (Å²) >= 11 is 1.68. The summed E-state index contributed by atoms with van der Waals surface area (Å²) in [4.78, 5) is 9.80. The first-order chi connectivity index (χ1) is 9.88. The maximum absolute atomic E-state index is 9.26. The number of hydrogen-bond donors (Lipinski definition) is 2. The highest BCUT2D eigenvalue weighted by Crippen LogP contribution is 2.28. The zero-order chi connectivity index (χ0) is 13.8. The molecule has 0 saturated heterocycles. The molecular weight excluding hydrogens is 270 g/mol. The minimum Gasteiger partial charge on any atom is -0.396 e. The molecule has 0 bridgehead atoms. The van der Waals surface area contributed by atoms with Gasteiger partial charge in [-0.1, -0.05) is 18.2 Å². The molecule has 3 rings (SSSR count). The summed E-state index contributed by atoms with van der Waals surface area (Å²) in [7, 11) is 0. The number of anilines is 1. The Morgan fingerprint density at radius 1 is 1.15 bits per heavy atom. The minimum absolute atomic E-state index is 0.0679. The van der Waals surface area contributed by atoms with Gasteiger partial charge in [-0.3, -0.25) is 0 Å². The second-order valence-corrected chi connectivity index (χ2v) is 5.44. The summed E-state index contributed by atoms with van der Waals surface area (Å²) in [5.74, 6) is 0.808. The number of thiophene rings is 1. The molecule has 1 atom stereocenters. The number of benzene rings is 1. The van der Waals surface area contributed by atoms with Gasteiger partial charge in [0.05, 0.1) is 11.6 Å². The molecule has 0 aliphatic carbocycles. The van der Waals surface area contributed by atoms with E-state index in [9.17, 15) is 5.11 Å². The van der Waals surface area contributed by atoms with Gasteiger partial charge in [0.25, 0.3) is 0 Å². The van der Waals surface area contributed by atoms with Gasteiger partial charge in [0.15, 0.2) is 0 Å². The maximum Gasteiger partial charge on any atom is 0.137 e. The van der Waals surface area contributed by atoms with E-state index in [0.29, 0.717) is 6.42 Å². The van der Waals surface area contributed by atoms with Gasteiger partial charge in [0.2, 0.25) is 0 Å². The predicted octanol–water partition coefficient (Wildman–Crippen LogP) is 3.23. The number of fused-ring (bicyclic) bond motifs is 1. The third-order valence-electron chi connectivity index (χ3n) is 3.16. The fourth-order valence-electron chi connectivity index (χ4n) is 2.19. The first-order valence-corrected chi connectivity index (χ1v) is 7.37. The van der Waals surface area contributed by atoms with Crippen LogP contribution in [0.25, 0.3) is 10.9 Å². The highest BCUT2D eigenvalue weighted by molar-refractivity contribution is 7.10. The molecule has 0 saturated carbocycles. The average molecular weight is 285 g/mol. The third kappa shape index (κ3) is 2.64. The summed E-state index contributed by atoms with van der Waals surface area (Å²) in [5.41, 5.74) is 0.916. The Morgan fingerprint density at radius 3 is 2.85 bits per heavy atom. The molecule has 4 nitrogen and oxygen atoms in total. The van der Waals surface area contributed by atoms with Crippen LogP contribution in [0.3, 0.4) is 0 Å². The lowest BCUT2D eigenvalue weighted by Crippen LogP contribution is -2.12. The fourth-order valence-corrected chi connectivity index (χ4v) is 3.00. The zero-order valence-corrected chi connectivity index (χ0v) is 11.7. The first-order valence-electron chi connectivity index (χ1n) is 6.49. The van der Waals surface area contributed by atoms with Crippen LogP contribution in [0.1, 0.15) is 17.3 Å². The van der Waals surface area contributed by atoms with Crippen LogP contribution < -0.4 is 5.32 Å². The predicted molar refractivity (Wildman–Crippen MR) is 81.9 cm³/mol. The van der Waals surface area contributed by atoms with Crippen molar-refractivity contribution in [3.63, 3.8) is 0 Å². The highest BCUT2D eigenvalue weighted by Gasteiger charge is 2.14. The lowest BCUT2D eigenvalue weighted by Gasteiger charge is -2.18. The summed E-state index contributed by atoms with van der Waals surface area (Å²) in [6, 6.07) is 12.1. The molecule has 20 heavy (non-hydrogen) atoms. The molecule has 2 N–H and O–H groups in total. The van der Waals surface area contributed by atoms with E-state index >= 15 is 0 Å². The van der Waals surface area contributed by atoms with E-state index < -0.39 is 0 Å². The van der Waals surface area contributed by atoms with E-state index in [2.05, 4.69) is 21.4 Å². The van der Waals surface area contributed by atoms with Gasteiger partial charge in [-0.25, -0.2) is 9.97 Å². The quantitative estimate of drug-likeness (QED) is 0.755. The molecule has 2 aromatic heterocycles. The first kappa shape index (κ1) is 13.0. The van der Waals surface area contributed by atoms with Crippen molar-refractivity contribution in [2.45, 2.75) is 12.5 Å². The summed E-state index contributed by atoms with van der Waals surface area (Å²) < 4.78 is 0. The van der Waals surface area contributed by atoms with Crippen molar-refractivity contribution in [2.24, 2.45) is 0 Å². The van der Waals surface area contributed by atoms with Gasteiger partial charge in [-0.2, -0.15) is 0 Å². The van der Waals surface area contributed by atoms with E-state index in [-0.39, 0.29) is 12.6 Å². The molecular formula is C15H15N3OS. The van der Waals surface area contributed by atoms with Gasteiger partial charge in [0, 0.05) is 16.9 Å². The van der Waals surface area contributed by atoms with Crippen molar-refractivity contribution in [1.82, 2.24) is 9.97 Å². The van der Waals surface area contributed by atoms with Crippen molar-refractivity contribution in [3.05, 3.63) is 53.0 Å². The highest BCUT2D eigenvalue weighted by atomic mass is 32.1. The second-order valence-electron chi connectivity index (χ2n) is 4.46. The van der Waals surface area contributed by atoms with Crippen LogP contribution in [-0.2, 0) is 0 Å². The molecule has 3 aromatic rings. The Kier molecular flexibility index (Phi) is 3.90. The van der Waals surface area contributed by atoms with Crippen LogP contribution in [0.15, 0.2) is 48.1 Å². The number of rotatable bonds is 5. The van der Waals surface area contributed by atoms with E-state index in [1.807, 2.05) is 35.7 Å². The lowest BCUT2D eigenvalue weighted by atomic mass is 10.1. The number of hydrogen-bond acceptors (Lipinski definition) is 5. The fraction of sp³-hybridized carbons (Fsp3) is 0.200. The normalized spacial score (nSPS) is 12.4. The SMILES string of the molecule is OCCC(Nc1ncnc2ccccc12)c1cccs1. The molecule has 102 valence electrons. The Labute approximate surface area is 121 Å². The molecule has 5 heteroatoms. The van der Waals surface area contributed by atoms with Crippen LogP contribution in [-0.4, -0.2) is 21.7 Å². The number of nitrogens with zero attached hydrogens (tertiary/aromatic N) is 2. The van der Waals surface area contributed by atoms with Crippen LogP contribution in [0, 0.1) is 0 Å². The molecule has 1 unspecified atom stereocenters. The smallest absolute Gasteiger partial charge is 0.137 e. The molecule has 1 aromatic carbocycles. The summed E-state index contributed by atoms with van der Waals surface area (Å²) in [6.07, 6.45) is 2.22. The number of aromatic nitrogens is 2. The Morgan fingerprint density at radius 2 is 2.05 bits per heavy atom. The number of aliphatic hydroxyl groups is 1. The largest absolute Gasteiger partial charge is 0.396 e. The number of nitrogens with one attached hydrogen (secondary N) is 1. The van der Waals surface area contributed by atoms with Crippen molar-refractivity contribution < 1.29 is 5.11 Å². The van der Waals surface area contributed by atoms with Gasteiger partial charge in [-0.15, -0.1) is 11.3 Å². The molecule has 0 amide bonds. The van der Waals surface area contributed by atoms with Crippen molar-refractivity contribution in [1.29, 1.82) is 0 Å². The van der Waals surface area contributed by atoms with E-state index in [0.717, 1.165) is 16.7 Å². The van der Waals surface area contributed by atoms with Gasteiger partial charge in [0.1, 0.15) is 12.1 Å². The van der Waals surface area contributed by atoms with Crippen LogP contribution >= 0.6 is 11.3 Å². The zero-order valence-electron chi connectivity index (χ0n) is 10.9. The summed E-state index contributed by atoms with van der Waals surface area (Å²) in [6.45, 7) is 0.137. The standard InChI is InChI=1S/C15H15N3OS/c19-8-7-13(14-6-3-9-20-14)18-15-11-4-1-2-5-12(11)16-10-17-15/h1-6,9-10,13,19H,7-8H2,(H,16,17,18). The Hall–Kier alpha value is -1.98. The van der Waals surface area contributed by atoms with Crippen molar-refractivity contribution in [2.75, 3.05) is 11.9 Å². The van der Waals surface area contributed by atoms with Crippen molar-refractivity contribution in [3.8, 4) is 0 Å². The molecule has 0 fully saturated rings. The average Bonchev–Trinajstić information content (AvgIpc) is 3.01. The Balaban J connectivity index is 1.94. The van der Waals surface area contributed by atoms with Crippen LogP contribution in [0.5, 0.6) is 0 Å². The molecule has 0 aliphatic rings. The van der Waals surface area contributed by atoms with Crippen LogP contribution in [0.2, 0.25) is 0 Å². The summed E-state index contributed by atoms with van der Waals surface area (Å²) in [5, 5.41) is 15.7. The van der Waals surface area contributed by atoms with Crippen molar-refractivity contribution >= 4 is 28.1 Å². The lowest BCUT2D eigenvalue weighted by molar-refractivity contribution is 0.280. The minimum atomic E-state index is 0.0679. The molecule has 0 aliphatic heterocycles. The molecule has 0 radical (unpaired) electrons. The second kappa shape index (κ2) is 5.98. The van der Waals surface area contributed by atoms with E-state index in [1.54, 1.807) is 17.7 Å². The number of para-hydroxylation sites is 1. The number of aliphatic hydroxyl groups excluding tert-OH is 1. The molecule has 2 heterocycles. The monoisotopic (exact) mass is 285 g/mol. The third-order valence-corrected chi connectivity index (χ3v) is 4.14. The van der Waals surface area contributed by atoms with Crippen LogP contribution in [0.4, 0.5) is 5.82 Å². The van der Waals surface area contributed by atoms with E-state index in [1.165, 1.54) is 4.88 Å². The Bertz CT molecular complexity index is 679. The molecule has 0 spiro atoms.